The van der Waals surface area contributed by atoms with Crippen LogP contribution in [0.5, 0.6) is 0 Å². The van der Waals surface area contributed by atoms with E-state index < -0.39 is 0 Å². The standard InChI is InChI=1S/C22H27N3O2S/c1-25-20(27)17-3-2-16(9-18(17)24-21(25)28)19(26)23-5-4-22-10-13-6-14(11-22)8-15(7-13)12-22/h2-3,9,13-15H,4-8,10-12H2,1H3,(H,23,26)(H,24,28). The molecule has 4 aliphatic rings. The Morgan fingerprint density at radius 2 is 1.86 bits per heavy atom. The fourth-order valence-corrected chi connectivity index (χ4v) is 6.78. The van der Waals surface area contributed by atoms with Gasteiger partial charge in [0.05, 0.1) is 10.9 Å². The summed E-state index contributed by atoms with van der Waals surface area (Å²) in [6.45, 7) is 0.732. The SMILES string of the molecule is Cn1c(=S)[nH]c2cc(C(=O)NCCC34CC5CC(CC(C5)C3)C4)ccc2c1=O. The van der Waals surface area contributed by atoms with Crippen molar-refractivity contribution in [1.82, 2.24) is 14.9 Å². The lowest BCUT2D eigenvalue weighted by Crippen LogP contribution is -2.47. The molecule has 1 aromatic carbocycles. The van der Waals surface area contributed by atoms with Crippen molar-refractivity contribution in [1.29, 1.82) is 0 Å². The van der Waals surface area contributed by atoms with Gasteiger partial charge >= 0.3 is 0 Å². The molecule has 28 heavy (non-hydrogen) atoms. The number of amides is 1. The number of benzene rings is 1. The van der Waals surface area contributed by atoms with Crippen LogP contribution in [0.2, 0.25) is 0 Å². The molecule has 1 heterocycles. The third-order valence-corrected chi connectivity index (χ3v) is 7.84. The van der Waals surface area contributed by atoms with Gasteiger partial charge in [-0.2, -0.15) is 0 Å². The van der Waals surface area contributed by atoms with E-state index in [1.54, 1.807) is 25.2 Å². The zero-order chi connectivity index (χ0) is 19.5. The summed E-state index contributed by atoms with van der Waals surface area (Å²) in [5.41, 5.74) is 1.51. The second-order valence-corrected chi connectivity index (χ2v) is 9.86. The molecule has 0 spiro atoms. The van der Waals surface area contributed by atoms with Crippen LogP contribution in [0.1, 0.15) is 55.3 Å². The number of nitrogens with zero attached hydrogens (tertiary/aromatic N) is 1. The van der Waals surface area contributed by atoms with E-state index in [1.807, 2.05) is 0 Å². The molecule has 0 saturated heterocycles. The van der Waals surface area contributed by atoms with Gasteiger partial charge in [0.1, 0.15) is 0 Å². The van der Waals surface area contributed by atoms with Gasteiger partial charge in [0.2, 0.25) is 0 Å². The number of H-pyrrole nitrogens is 1. The van der Waals surface area contributed by atoms with Crippen molar-refractivity contribution in [2.45, 2.75) is 44.9 Å². The number of fused-ring (bicyclic) bond motifs is 1. The number of aromatic amines is 1. The number of rotatable bonds is 4. The van der Waals surface area contributed by atoms with Gasteiger partial charge in [0.15, 0.2) is 4.77 Å². The average molecular weight is 398 g/mol. The fourth-order valence-electron chi connectivity index (χ4n) is 6.59. The van der Waals surface area contributed by atoms with Crippen LogP contribution < -0.4 is 10.9 Å². The van der Waals surface area contributed by atoms with Crippen molar-refractivity contribution >= 4 is 29.0 Å². The van der Waals surface area contributed by atoms with E-state index in [0.717, 1.165) is 30.7 Å². The van der Waals surface area contributed by atoms with Crippen LogP contribution in [0, 0.1) is 27.9 Å². The first-order valence-electron chi connectivity index (χ1n) is 10.4. The van der Waals surface area contributed by atoms with E-state index in [1.165, 1.54) is 43.1 Å². The normalized spacial score (nSPS) is 30.7. The van der Waals surface area contributed by atoms with Gasteiger partial charge in [0, 0.05) is 19.2 Å². The summed E-state index contributed by atoms with van der Waals surface area (Å²) in [5.74, 6) is 2.74. The minimum Gasteiger partial charge on any atom is -0.352 e. The molecule has 0 aliphatic heterocycles. The second kappa shape index (κ2) is 6.55. The largest absolute Gasteiger partial charge is 0.352 e. The van der Waals surface area contributed by atoms with Crippen molar-refractivity contribution in [3.63, 3.8) is 0 Å². The smallest absolute Gasteiger partial charge is 0.261 e. The molecule has 6 heteroatoms. The molecule has 2 N–H and O–H groups in total. The van der Waals surface area contributed by atoms with E-state index in [4.69, 9.17) is 12.2 Å². The Morgan fingerprint density at radius 3 is 2.50 bits per heavy atom. The summed E-state index contributed by atoms with van der Waals surface area (Å²) in [6.07, 6.45) is 9.54. The van der Waals surface area contributed by atoms with Crippen LogP contribution in [0.4, 0.5) is 0 Å². The number of carbonyl (C=O) groups is 1. The predicted molar refractivity (Wildman–Crippen MR) is 112 cm³/mol. The van der Waals surface area contributed by atoms with Crippen molar-refractivity contribution < 1.29 is 4.79 Å². The minimum absolute atomic E-state index is 0.0772. The topological polar surface area (TPSA) is 66.9 Å². The van der Waals surface area contributed by atoms with Crippen LogP contribution in [0.25, 0.3) is 10.9 Å². The van der Waals surface area contributed by atoms with Gasteiger partial charge in [-0.05, 0) is 98.5 Å². The Morgan fingerprint density at radius 1 is 1.21 bits per heavy atom. The van der Waals surface area contributed by atoms with Crippen LogP contribution in [0.15, 0.2) is 23.0 Å². The Labute approximate surface area is 169 Å². The molecule has 0 unspecified atom stereocenters. The van der Waals surface area contributed by atoms with Crippen molar-refractivity contribution in [3.8, 4) is 0 Å². The molecule has 0 atom stereocenters. The van der Waals surface area contributed by atoms with Crippen LogP contribution in [-0.4, -0.2) is 22.0 Å². The van der Waals surface area contributed by atoms with Gasteiger partial charge in [0.25, 0.3) is 11.5 Å². The lowest BCUT2D eigenvalue weighted by atomic mass is 9.49. The second-order valence-electron chi connectivity index (χ2n) is 9.48. The van der Waals surface area contributed by atoms with Gasteiger partial charge < -0.3 is 10.3 Å². The molecule has 0 radical (unpaired) electrons. The molecule has 4 fully saturated rings. The Balaban J connectivity index is 1.28. The average Bonchev–Trinajstić information content (AvgIpc) is 2.64. The maximum absolute atomic E-state index is 12.7. The monoisotopic (exact) mass is 397 g/mol. The van der Waals surface area contributed by atoms with E-state index in [0.29, 0.717) is 26.7 Å². The van der Waals surface area contributed by atoms with E-state index in [-0.39, 0.29) is 11.5 Å². The summed E-state index contributed by atoms with van der Waals surface area (Å²) >= 11 is 5.18. The van der Waals surface area contributed by atoms with Crippen LogP contribution in [-0.2, 0) is 7.05 Å². The van der Waals surface area contributed by atoms with Gasteiger partial charge in [-0.3, -0.25) is 14.2 Å². The zero-order valence-corrected chi connectivity index (χ0v) is 17.1. The molecular weight excluding hydrogens is 370 g/mol. The van der Waals surface area contributed by atoms with Gasteiger partial charge in [-0.15, -0.1) is 0 Å². The zero-order valence-electron chi connectivity index (χ0n) is 16.3. The fraction of sp³-hybridized carbons (Fsp3) is 0.591. The Hall–Kier alpha value is -1.95. The van der Waals surface area contributed by atoms with Gasteiger partial charge in [-0.25, -0.2) is 0 Å². The van der Waals surface area contributed by atoms with Crippen molar-refractivity contribution in [2.24, 2.45) is 30.2 Å². The number of aromatic nitrogens is 2. The number of nitrogens with one attached hydrogen (secondary N) is 2. The molecule has 2 aromatic rings. The van der Waals surface area contributed by atoms with Crippen molar-refractivity contribution in [2.75, 3.05) is 6.54 Å². The highest BCUT2D eigenvalue weighted by Gasteiger charge is 2.50. The van der Waals surface area contributed by atoms with Gasteiger partial charge in [-0.1, -0.05) is 0 Å². The quantitative estimate of drug-likeness (QED) is 0.768. The number of hydrogen-bond acceptors (Lipinski definition) is 3. The highest BCUT2D eigenvalue weighted by Crippen LogP contribution is 2.61. The van der Waals surface area contributed by atoms with E-state index in [9.17, 15) is 9.59 Å². The summed E-state index contributed by atoms with van der Waals surface area (Å²) in [4.78, 5) is 28.0. The molecule has 4 aliphatic carbocycles. The Kier molecular flexibility index (Phi) is 4.23. The van der Waals surface area contributed by atoms with E-state index >= 15 is 0 Å². The third kappa shape index (κ3) is 3.02. The van der Waals surface area contributed by atoms with Crippen LogP contribution >= 0.6 is 12.2 Å². The number of carbonyl (C=O) groups excluding carboxylic acids is 1. The first-order valence-corrected chi connectivity index (χ1v) is 10.8. The summed E-state index contributed by atoms with van der Waals surface area (Å²) < 4.78 is 1.76. The maximum atomic E-state index is 12.7. The summed E-state index contributed by atoms with van der Waals surface area (Å²) in [7, 11) is 1.64. The molecule has 5 nitrogen and oxygen atoms in total. The number of hydrogen-bond donors (Lipinski definition) is 2. The van der Waals surface area contributed by atoms with Crippen molar-refractivity contribution in [3.05, 3.63) is 38.9 Å². The molecule has 6 rings (SSSR count). The minimum atomic E-state index is -0.146. The lowest BCUT2D eigenvalue weighted by molar-refractivity contribution is -0.0564. The molecule has 4 saturated carbocycles. The highest BCUT2D eigenvalue weighted by atomic mass is 32.1. The van der Waals surface area contributed by atoms with E-state index in [2.05, 4.69) is 10.3 Å². The molecule has 1 aromatic heterocycles. The molecular formula is C22H27N3O2S. The maximum Gasteiger partial charge on any atom is 0.261 e. The predicted octanol–water partition coefficient (Wildman–Crippen LogP) is 3.93. The first kappa shape index (κ1) is 18.1. The lowest BCUT2D eigenvalue weighted by Gasteiger charge is -2.57. The Bertz CT molecular complexity index is 1030. The first-order chi connectivity index (χ1) is 13.4. The molecule has 4 bridgehead atoms. The molecule has 148 valence electrons. The molecule has 1 amide bonds. The summed E-state index contributed by atoms with van der Waals surface area (Å²) in [5, 5.41) is 3.66. The third-order valence-electron chi connectivity index (χ3n) is 7.47. The van der Waals surface area contributed by atoms with Crippen LogP contribution in [0.3, 0.4) is 0 Å². The summed E-state index contributed by atoms with van der Waals surface area (Å²) in [6, 6.07) is 5.16. The highest BCUT2D eigenvalue weighted by molar-refractivity contribution is 7.71.